The molecular formula is C21H24N4O2. The summed E-state index contributed by atoms with van der Waals surface area (Å²) in [5.74, 6) is -0.0547. The van der Waals surface area contributed by atoms with Gasteiger partial charge in [0, 0.05) is 13.7 Å². The maximum atomic E-state index is 12.9. The number of carbonyl (C=O) groups excluding carboxylic acids is 1. The molecule has 0 aliphatic carbocycles. The van der Waals surface area contributed by atoms with Crippen molar-refractivity contribution in [3.63, 3.8) is 0 Å². The Morgan fingerprint density at radius 3 is 2.93 bits per heavy atom. The van der Waals surface area contributed by atoms with E-state index in [4.69, 9.17) is 4.74 Å². The van der Waals surface area contributed by atoms with Crippen LogP contribution in [-0.2, 0) is 11.3 Å². The van der Waals surface area contributed by atoms with Crippen molar-refractivity contribution in [2.75, 3.05) is 20.3 Å². The Kier molecular flexibility index (Phi) is 5.16. The van der Waals surface area contributed by atoms with Crippen molar-refractivity contribution in [3.8, 4) is 0 Å². The first-order valence-electron chi connectivity index (χ1n) is 9.43. The fourth-order valence-corrected chi connectivity index (χ4v) is 3.86. The number of hydrogen-bond acceptors (Lipinski definition) is 4. The minimum Gasteiger partial charge on any atom is -0.383 e. The molecule has 3 aromatic rings. The smallest absolute Gasteiger partial charge is 0.276 e. The molecule has 0 radical (unpaired) electrons. The van der Waals surface area contributed by atoms with E-state index in [1.54, 1.807) is 18.0 Å². The van der Waals surface area contributed by atoms with Gasteiger partial charge in [-0.25, -0.2) is 4.68 Å². The molecule has 1 aromatic heterocycles. The number of piperidine rings is 1. The molecule has 140 valence electrons. The van der Waals surface area contributed by atoms with Gasteiger partial charge in [-0.15, -0.1) is 5.10 Å². The normalized spacial score (nSPS) is 17.4. The first-order valence-corrected chi connectivity index (χ1v) is 9.43. The highest BCUT2D eigenvalue weighted by Crippen LogP contribution is 2.21. The molecule has 1 saturated heterocycles. The maximum absolute atomic E-state index is 12.9. The predicted molar refractivity (Wildman–Crippen MR) is 104 cm³/mol. The number of methoxy groups -OCH3 is 1. The second-order valence-electron chi connectivity index (χ2n) is 7.04. The third kappa shape index (κ3) is 3.71. The Morgan fingerprint density at radius 2 is 2.04 bits per heavy atom. The van der Waals surface area contributed by atoms with E-state index in [0.717, 1.165) is 31.4 Å². The largest absolute Gasteiger partial charge is 0.383 e. The van der Waals surface area contributed by atoms with Crippen molar-refractivity contribution >= 4 is 16.7 Å². The second-order valence-corrected chi connectivity index (χ2v) is 7.04. The molecule has 1 atom stereocenters. The lowest BCUT2D eigenvalue weighted by atomic mass is 10.0. The van der Waals surface area contributed by atoms with E-state index in [9.17, 15) is 4.79 Å². The van der Waals surface area contributed by atoms with Gasteiger partial charge in [0.05, 0.1) is 25.4 Å². The summed E-state index contributed by atoms with van der Waals surface area (Å²) in [7, 11) is 1.68. The quantitative estimate of drug-likeness (QED) is 0.698. The van der Waals surface area contributed by atoms with Gasteiger partial charge < -0.3 is 9.64 Å². The lowest BCUT2D eigenvalue weighted by molar-refractivity contribution is 0.0423. The summed E-state index contributed by atoms with van der Waals surface area (Å²) in [6.45, 7) is 1.90. The zero-order valence-corrected chi connectivity index (χ0v) is 15.5. The van der Waals surface area contributed by atoms with Gasteiger partial charge >= 0.3 is 0 Å². The Morgan fingerprint density at radius 1 is 1.19 bits per heavy atom. The van der Waals surface area contributed by atoms with Gasteiger partial charge in [-0.1, -0.05) is 47.7 Å². The number of ether oxygens (including phenoxy) is 1. The van der Waals surface area contributed by atoms with Crippen LogP contribution in [0.1, 0.15) is 35.3 Å². The van der Waals surface area contributed by atoms with Gasteiger partial charge in [-0.05, 0) is 35.6 Å². The Bertz CT molecular complexity index is 929. The number of carbonyl (C=O) groups is 1. The van der Waals surface area contributed by atoms with Gasteiger partial charge in [0.2, 0.25) is 0 Å². The third-order valence-corrected chi connectivity index (χ3v) is 5.22. The molecule has 4 rings (SSSR count). The summed E-state index contributed by atoms with van der Waals surface area (Å²) < 4.78 is 7.03. The van der Waals surface area contributed by atoms with E-state index in [2.05, 4.69) is 34.6 Å². The summed E-state index contributed by atoms with van der Waals surface area (Å²) in [6, 6.07) is 14.6. The van der Waals surface area contributed by atoms with Gasteiger partial charge in [0.1, 0.15) is 0 Å². The van der Waals surface area contributed by atoms with Gasteiger partial charge in [0.15, 0.2) is 5.69 Å². The summed E-state index contributed by atoms with van der Waals surface area (Å²) in [6.07, 6.45) is 4.88. The molecule has 2 aromatic carbocycles. The van der Waals surface area contributed by atoms with Crippen LogP contribution in [0.25, 0.3) is 10.8 Å². The lowest BCUT2D eigenvalue weighted by Gasteiger charge is -2.34. The number of fused-ring (bicyclic) bond motifs is 1. The van der Waals surface area contributed by atoms with Crippen LogP contribution in [-0.4, -0.2) is 52.1 Å². The average molecular weight is 364 g/mol. The standard InChI is InChI=1S/C21H24N4O2/c1-27-15-18-10-4-5-12-25(18)21(26)20-14-24(23-22-20)13-17-9-6-8-16-7-2-3-11-19(16)17/h2-3,6-9,11,14,18H,4-5,10,12-13,15H2,1H3/t18-/m0/s1. The molecule has 6 heteroatoms. The number of nitrogens with zero attached hydrogens (tertiary/aromatic N) is 4. The highest BCUT2D eigenvalue weighted by Gasteiger charge is 2.29. The molecule has 6 nitrogen and oxygen atoms in total. The number of likely N-dealkylation sites (tertiary alicyclic amines) is 1. The molecule has 0 N–H and O–H groups in total. The van der Waals surface area contributed by atoms with Gasteiger partial charge in [-0.3, -0.25) is 4.79 Å². The molecule has 27 heavy (non-hydrogen) atoms. The molecule has 0 bridgehead atoms. The van der Waals surface area contributed by atoms with Crippen molar-refractivity contribution in [1.29, 1.82) is 0 Å². The molecular weight excluding hydrogens is 340 g/mol. The highest BCUT2D eigenvalue weighted by atomic mass is 16.5. The molecule has 1 aliphatic heterocycles. The average Bonchev–Trinajstić information content (AvgIpc) is 3.17. The second kappa shape index (κ2) is 7.88. The molecule has 0 unspecified atom stereocenters. The van der Waals surface area contributed by atoms with Gasteiger partial charge in [0.25, 0.3) is 5.91 Å². The van der Waals surface area contributed by atoms with E-state index in [-0.39, 0.29) is 11.9 Å². The van der Waals surface area contributed by atoms with Crippen molar-refractivity contribution in [2.45, 2.75) is 31.8 Å². The number of rotatable bonds is 5. The summed E-state index contributed by atoms with van der Waals surface area (Å²) in [4.78, 5) is 14.8. The van der Waals surface area contributed by atoms with E-state index in [1.807, 2.05) is 23.1 Å². The van der Waals surface area contributed by atoms with Crippen LogP contribution in [0.5, 0.6) is 0 Å². The summed E-state index contributed by atoms with van der Waals surface area (Å²) >= 11 is 0. The summed E-state index contributed by atoms with van der Waals surface area (Å²) in [5.41, 5.74) is 1.56. The fraction of sp³-hybridized carbons (Fsp3) is 0.381. The van der Waals surface area contributed by atoms with Gasteiger partial charge in [-0.2, -0.15) is 0 Å². The third-order valence-electron chi connectivity index (χ3n) is 5.22. The highest BCUT2D eigenvalue weighted by molar-refractivity contribution is 5.92. The molecule has 0 saturated carbocycles. The van der Waals surface area contributed by atoms with Crippen LogP contribution in [0.15, 0.2) is 48.7 Å². The Hall–Kier alpha value is -2.73. The lowest BCUT2D eigenvalue weighted by Crippen LogP contribution is -2.46. The van der Waals surface area contributed by atoms with Crippen LogP contribution in [0.2, 0.25) is 0 Å². The van der Waals surface area contributed by atoms with Crippen LogP contribution in [0.4, 0.5) is 0 Å². The van der Waals surface area contributed by atoms with Crippen molar-refractivity contribution in [2.24, 2.45) is 0 Å². The van der Waals surface area contributed by atoms with E-state index in [0.29, 0.717) is 18.8 Å². The minimum absolute atomic E-state index is 0.0547. The molecule has 1 aliphatic rings. The van der Waals surface area contributed by atoms with Crippen LogP contribution in [0, 0.1) is 0 Å². The zero-order chi connectivity index (χ0) is 18.6. The van der Waals surface area contributed by atoms with E-state index >= 15 is 0 Å². The number of aromatic nitrogens is 3. The molecule has 0 spiro atoms. The SMILES string of the molecule is COC[C@@H]1CCCCN1C(=O)c1cn(Cc2cccc3ccccc23)nn1. The van der Waals surface area contributed by atoms with E-state index < -0.39 is 0 Å². The fourth-order valence-electron chi connectivity index (χ4n) is 3.86. The van der Waals surface area contributed by atoms with Crippen LogP contribution >= 0.6 is 0 Å². The first kappa shape index (κ1) is 17.7. The molecule has 2 heterocycles. The maximum Gasteiger partial charge on any atom is 0.276 e. The monoisotopic (exact) mass is 364 g/mol. The van der Waals surface area contributed by atoms with E-state index in [1.165, 1.54) is 10.8 Å². The van der Waals surface area contributed by atoms with Crippen molar-refractivity contribution in [3.05, 3.63) is 59.9 Å². The Labute approximate surface area is 158 Å². The minimum atomic E-state index is -0.0547. The topological polar surface area (TPSA) is 60.2 Å². The van der Waals surface area contributed by atoms with Crippen LogP contribution in [0.3, 0.4) is 0 Å². The van der Waals surface area contributed by atoms with Crippen LogP contribution < -0.4 is 0 Å². The predicted octanol–water partition coefficient (Wildman–Crippen LogP) is 3.12. The molecule has 1 fully saturated rings. The molecule has 1 amide bonds. The number of amides is 1. The zero-order valence-electron chi connectivity index (χ0n) is 15.5. The first-order chi connectivity index (χ1) is 13.3. The summed E-state index contributed by atoms with van der Waals surface area (Å²) in [5, 5.41) is 10.7. The van der Waals surface area contributed by atoms with Crippen molar-refractivity contribution < 1.29 is 9.53 Å². The Balaban J connectivity index is 1.53. The number of hydrogen-bond donors (Lipinski definition) is 0. The van der Waals surface area contributed by atoms with Crippen molar-refractivity contribution in [1.82, 2.24) is 19.9 Å². The number of benzene rings is 2.